The lowest BCUT2D eigenvalue weighted by Crippen LogP contribution is -2.37. The lowest BCUT2D eigenvalue weighted by Gasteiger charge is -2.29. The summed E-state index contributed by atoms with van der Waals surface area (Å²) in [6.45, 7) is 3.06. The molecule has 3 rings (SSSR count). The number of nitrogens with one attached hydrogen (secondary N) is 1. The predicted molar refractivity (Wildman–Crippen MR) is 101 cm³/mol. The smallest absolute Gasteiger partial charge is 0.251 e. The lowest BCUT2D eigenvalue weighted by molar-refractivity contribution is 0.0950. The first-order valence-corrected chi connectivity index (χ1v) is 10.5. The van der Waals surface area contributed by atoms with Crippen LogP contribution in [0.2, 0.25) is 0 Å². The molecule has 0 unspecified atom stereocenters. The van der Waals surface area contributed by atoms with Crippen molar-refractivity contribution in [1.29, 1.82) is 0 Å². The Bertz CT molecular complexity index is 934. The van der Waals surface area contributed by atoms with E-state index in [1.807, 2.05) is 0 Å². The zero-order chi connectivity index (χ0) is 20.3. The van der Waals surface area contributed by atoms with Crippen LogP contribution in [0, 0.1) is 17.6 Å². The molecule has 8 heteroatoms. The molecule has 0 spiro atoms. The molecule has 1 saturated heterocycles. The molecule has 0 bridgehead atoms. The van der Waals surface area contributed by atoms with Crippen molar-refractivity contribution in [3.8, 4) is 0 Å². The Morgan fingerprint density at radius 2 is 1.64 bits per heavy atom. The van der Waals surface area contributed by atoms with Gasteiger partial charge in [-0.15, -0.1) is 0 Å². The van der Waals surface area contributed by atoms with Crippen molar-refractivity contribution in [1.82, 2.24) is 9.62 Å². The first-order chi connectivity index (χ1) is 13.3. The number of halogens is 2. The predicted octanol–water partition coefficient (Wildman–Crippen LogP) is 3.32. The third kappa shape index (κ3) is 4.74. The van der Waals surface area contributed by atoms with E-state index in [0.717, 1.165) is 31.0 Å². The van der Waals surface area contributed by atoms with Crippen LogP contribution in [0.5, 0.6) is 0 Å². The van der Waals surface area contributed by atoms with Crippen molar-refractivity contribution in [2.45, 2.75) is 31.2 Å². The second-order valence-corrected chi connectivity index (χ2v) is 9.01. The molecule has 0 aliphatic carbocycles. The van der Waals surface area contributed by atoms with Crippen LogP contribution in [0.3, 0.4) is 0 Å². The summed E-state index contributed by atoms with van der Waals surface area (Å²) in [5.74, 6) is -1.37. The Kier molecular flexibility index (Phi) is 6.10. The number of sulfonamides is 1. The molecular formula is C20H22F2N2O3S. The van der Waals surface area contributed by atoms with E-state index < -0.39 is 27.6 Å². The van der Waals surface area contributed by atoms with Crippen LogP contribution in [0.4, 0.5) is 8.78 Å². The Morgan fingerprint density at radius 1 is 1.07 bits per heavy atom. The zero-order valence-electron chi connectivity index (χ0n) is 15.5. The van der Waals surface area contributed by atoms with Crippen LogP contribution in [0.15, 0.2) is 47.4 Å². The summed E-state index contributed by atoms with van der Waals surface area (Å²) >= 11 is 0. The Morgan fingerprint density at radius 3 is 2.21 bits per heavy atom. The summed E-state index contributed by atoms with van der Waals surface area (Å²) in [6.07, 6.45) is 1.67. The van der Waals surface area contributed by atoms with Gasteiger partial charge < -0.3 is 5.32 Å². The Hall–Kier alpha value is -2.32. The maximum Gasteiger partial charge on any atom is 0.251 e. The van der Waals surface area contributed by atoms with E-state index in [2.05, 4.69) is 12.2 Å². The number of piperidine rings is 1. The second kappa shape index (κ2) is 8.36. The normalized spacial score (nSPS) is 16.1. The van der Waals surface area contributed by atoms with E-state index in [9.17, 15) is 22.0 Å². The maximum atomic E-state index is 13.2. The summed E-state index contributed by atoms with van der Waals surface area (Å²) in [6, 6.07) is 8.71. The van der Waals surface area contributed by atoms with E-state index in [4.69, 9.17) is 0 Å². The van der Waals surface area contributed by atoms with Crippen molar-refractivity contribution in [3.63, 3.8) is 0 Å². The van der Waals surface area contributed by atoms with Gasteiger partial charge in [-0.05, 0) is 60.7 Å². The van der Waals surface area contributed by atoms with Crippen molar-refractivity contribution in [2.75, 3.05) is 13.1 Å². The van der Waals surface area contributed by atoms with Crippen molar-refractivity contribution in [2.24, 2.45) is 5.92 Å². The molecule has 0 saturated carbocycles. The van der Waals surface area contributed by atoms with E-state index in [1.54, 1.807) is 0 Å². The van der Waals surface area contributed by atoms with Gasteiger partial charge in [0, 0.05) is 31.3 Å². The quantitative estimate of drug-likeness (QED) is 0.825. The molecule has 150 valence electrons. The molecule has 0 atom stereocenters. The van der Waals surface area contributed by atoms with E-state index >= 15 is 0 Å². The fourth-order valence-corrected chi connectivity index (χ4v) is 4.62. The lowest BCUT2D eigenvalue weighted by atomic mass is 10.0. The zero-order valence-corrected chi connectivity index (χ0v) is 16.3. The van der Waals surface area contributed by atoms with Gasteiger partial charge in [-0.1, -0.05) is 6.92 Å². The summed E-state index contributed by atoms with van der Waals surface area (Å²) < 4.78 is 53.3. The van der Waals surface area contributed by atoms with Gasteiger partial charge in [0.05, 0.1) is 4.90 Å². The molecule has 5 nitrogen and oxygen atoms in total. The average molecular weight is 408 g/mol. The molecule has 1 aliphatic heterocycles. The molecule has 0 aromatic heterocycles. The number of benzene rings is 2. The van der Waals surface area contributed by atoms with Gasteiger partial charge in [0.1, 0.15) is 11.6 Å². The number of carbonyl (C=O) groups is 1. The number of hydrogen-bond donors (Lipinski definition) is 1. The van der Waals surface area contributed by atoms with Gasteiger partial charge in [-0.2, -0.15) is 4.31 Å². The first-order valence-electron chi connectivity index (χ1n) is 9.09. The summed E-state index contributed by atoms with van der Waals surface area (Å²) in [5, 5.41) is 2.56. The first kappa shape index (κ1) is 20.4. The minimum absolute atomic E-state index is 0.0421. The largest absolute Gasteiger partial charge is 0.348 e. The van der Waals surface area contributed by atoms with Gasteiger partial charge in [-0.3, -0.25) is 4.79 Å². The molecule has 28 heavy (non-hydrogen) atoms. The number of rotatable bonds is 5. The molecule has 0 radical (unpaired) electrons. The number of nitrogens with zero attached hydrogens (tertiary/aromatic N) is 1. The van der Waals surface area contributed by atoms with E-state index in [0.29, 0.717) is 24.6 Å². The summed E-state index contributed by atoms with van der Waals surface area (Å²) in [7, 11) is -3.57. The minimum Gasteiger partial charge on any atom is -0.348 e. The van der Waals surface area contributed by atoms with Gasteiger partial charge in [-0.25, -0.2) is 17.2 Å². The highest BCUT2D eigenvalue weighted by atomic mass is 32.2. The fourth-order valence-electron chi connectivity index (χ4n) is 3.15. The highest BCUT2D eigenvalue weighted by Gasteiger charge is 2.28. The van der Waals surface area contributed by atoms with E-state index in [-0.39, 0.29) is 17.0 Å². The van der Waals surface area contributed by atoms with Gasteiger partial charge in [0.25, 0.3) is 5.91 Å². The summed E-state index contributed by atoms with van der Waals surface area (Å²) in [4.78, 5) is 12.4. The molecular weight excluding hydrogens is 386 g/mol. The SMILES string of the molecule is CC1CCN(S(=O)(=O)c2ccc(C(=O)NCc3cc(F)cc(F)c3)cc2)CC1. The van der Waals surface area contributed by atoms with Crippen LogP contribution >= 0.6 is 0 Å². The number of hydrogen-bond acceptors (Lipinski definition) is 3. The number of carbonyl (C=O) groups excluding carboxylic acids is 1. The second-order valence-electron chi connectivity index (χ2n) is 7.07. The summed E-state index contributed by atoms with van der Waals surface area (Å²) in [5.41, 5.74) is 0.562. The highest BCUT2D eigenvalue weighted by Crippen LogP contribution is 2.23. The van der Waals surface area contributed by atoms with Crippen LogP contribution in [0.25, 0.3) is 0 Å². The molecule has 1 heterocycles. The molecule has 2 aromatic carbocycles. The van der Waals surface area contributed by atoms with Crippen LogP contribution in [-0.4, -0.2) is 31.7 Å². The molecule has 1 aliphatic rings. The third-order valence-corrected chi connectivity index (χ3v) is 6.79. The Labute approximate surface area is 163 Å². The molecule has 1 amide bonds. The topological polar surface area (TPSA) is 66.5 Å². The molecule has 1 fully saturated rings. The highest BCUT2D eigenvalue weighted by molar-refractivity contribution is 7.89. The van der Waals surface area contributed by atoms with Crippen molar-refractivity contribution >= 4 is 15.9 Å². The minimum atomic E-state index is -3.57. The maximum absolute atomic E-state index is 13.2. The third-order valence-electron chi connectivity index (χ3n) is 4.87. The average Bonchev–Trinajstić information content (AvgIpc) is 2.66. The standard InChI is InChI=1S/C20H22F2N2O3S/c1-14-6-8-24(9-7-14)28(26,27)19-4-2-16(3-5-19)20(25)23-13-15-10-17(21)12-18(22)11-15/h2-5,10-12,14H,6-9,13H2,1H3,(H,23,25). The van der Waals surface area contributed by atoms with Gasteiger partial charge in [0.2, 0.25) is 10.0 Å². The van der Waals surface area contributed by atoms with Crippen molar-refractivity contribution in [3.05, 3.63) is 65.2 Å². The van der Waals surface area contributed by atoms with Crippen LogP contribution < -0.4 is 5.32 Å². The van der Waals surface area contributed by atoms with Crippen LogP contribution in [0.1, 0.15) is 35.7 Å². The van der Waals surface area contributed by atoms with Crippen LogP contribution in [-0.2, 0) is 16.6 Å². The Balaban J connectivity index is 1.65. The van der Waals surface area contributed by atoms with Gasteiger partial charge >= 0.3 is 0 Å². The van der Waals surface area contributed by atoms with E-state index in [1.165, 1.54) is 28.6 Å². The fraction of sp³-hybridized carbons (Fsp3) is 0.350. The molecule has 1 N–H and O–H groups in total. The monoisotopic (exact) mass is 408 g/mol. The van der Waals surface area contributed by atoms with Gasteiger partial charge in [0.15, 0.2) is 0 Å². The number of amides is 1. The molecule has 2 aromatic rings. The van der Waals surface area contributed by atoms with Crippen molar-refractivity contribution < 1.29 is 22.0 Å².